The van der Waals surface area contributed by atoms with Crippen LogP contribution in [0.4, 0.5) is 14.6 Å². The van der Waals surface area contributed by atoms with Crippen molar-refractivity contribution in [3.05, 3.63) is 63.7 Å². The van der Waals surface area contributed by atoms with Crippen molar-refractivity contribution in [1.29, 1.82) is 0 Å². The van der Waals surface area contributed by atoms with E-state index >= 15 is 0 Å². The molecule has 0 aliphatic rings. The molecule has 29 heavy (non-hydrogen) atoms. The molecule has 2 aromatic carbocycles. The molecular formula is C21H21F2N5O. The Labute approximate surface area is 165 Å². The van der Waals surface area contributed by atoms with Gasteiger partial charge in [-0.15, -0.1) is 5.10 Å². The van der Waals surface area contributed by atoms with Gasteiger partial charge < -0.3 is 5.32 Å². The molecule has 1 atom stereocenters. The summed E-state index contributed by atoms with van der Waals surface area (Å²) in [4.78, 5) is 12.3. The topological polar surface area (TPSA) is 64.7 Å². The molecule has 2 aromatic heterocycles. The van der Waals surface area contributed by atoms with Crippen LogP contribution in [0.15, 0.2) is 41.2 Å². The van der Waals surface area contributed by atoms with Crippen LogP contribution in [-0.2, 0) is 14.1 Å². The highest BCUT2D eigenvalue weighted by molar-refractivity contribution is 6.01. The van der Waals surface area contributed by atoms with Crippen molar-refractivity contribution >= 4 is 27.6 Å². The van der Waals surface area contributed by atoms with E-state index in [0.717, 1.165) is 33.1 Å². The zero-order valence-electron chi connectivity index (χ0n) is 16.6. The SMILES string of the molecule is Cc1nnc(N[C@H](C)c2cccc(C(F)F)c2)c2cc3c(cc12)n(C)c(=O)n3C. The number of rotatable bonds is 4. The quantitative estimate of drug-likeness (QED) is 0.559. The van der Waals surface area contributed by atoms with E-state index in [2.05, 4.69) is 15.5 Å². The number of benzene rings is 2. The van der Waals surface area contributed by atoms with Gasteiger partial charge in [-0.25, -0.2) is 13.6 Å². The second-order valence-corrected chi connectivity index (χ2v) is 7.26. The standard InChI is InChI=1S/C21H21F2N5O/c1-11(13-6-5-7-14(8-13)19(22)23)24-20-16-10-18-17(27(3)21(29)28(18)4)9-15(16)12(2)25-26-20/h5-11,19H,1-4H3,(H,24,26)/t11-/m1/s1. The summed E-state index contributed by atoms with van der Waals surface area (Å²) in [5.41, 5.74) is 2.94. The van der Waals surface area contributed by atoms with Gasteiger partial charge in [0.1, 0.15) is 0 Å². The maximum Gasteiger partial charge on any atom is 0.328 e. The van der Waals surface area contributed by atoms with E-state index in [-0.39, 0.29) is 17.3 Å². The molecule has 6 nitrogen and oxygen atoms in total. The molecule has 4 aromatic rings. The third-order valence-electron chi connectivity index (χ3n) is 5.37. The lowest BCUT2D eigenvalue weighted by Crippen LogP contribution is -2.19. The Bertz CT molecular complexity index is 1290. The molecule has 0 amide bonds. The van der Waals surface area contributed by atoms with Gasteiger partial charge in [0.2, 0.25) is 0 Å². The normalized spacial score (nSPS) is 12.8. The molecule has 0 saturated carbocycles. The molecule has 0 spiro atoms. The number of aromatic nitrogens is 4. The van der Waals surface area contributed by atoms with Gasteiger partial charge in [-0.3, -0.25) is 9.13 Å². The van der Waals surface area contributed by atoms with Gasteiger partial charge >= 0.3 is 5.69 Å². The van der Waals surface area contributed by atoms with Crippen LogP contribution in [0.1, 0.15) is 36.2 Å². The molecule has 0 radical (unpaired) electrons. The minimum atomic E-state index is -2.52. The van der Waals surface area contributed by atoms with E-state index in [1.54, 1.807) is 35.4 Å². The summed E-state index contributed by atoms with van der Waals surface area (Å²) in [5.74, 6) is 0.541. The molecule has 150 valence electrons. The highest BCUT2D eigenvalue weighted by Crippen LogP contribution is 2.30. The van der Waals surface area contributed by atoms with Crippen molar-refractivity contribution in [2.45, 2.75) is 26.3 Å². The van der Waals surface area contributed by atoms with Crippen LogP contribution in [0.3, 0.4) is 0 Å². The summed E-state index contributed by atoms with van der Waals surface area (Å²) >= 11 is 0. The third-order valence-corrected chi connectivity index (χ3v) is 5.37. The molecule has 0 unspecified atom stereocenters. The monoisotopic (exact) mass is 397 g/mol. The lowest BCUT2D eigenvalue weighted by Gasteiger charge is -2.17. The Balaban J connectivity index is 1.82. The summed E-state index contributed by atoms with van der Waals surface area (Å²) in [5, 5.41) is 13.5. The molecule has 0 aliphatic carbocycles. The van der Waals surface area contributed by atoms with Gasteiger partial charge in [-0.2, -0.15) is 5.10 Å². The van der Waals surface area contributed by atoms with Gasteiger partial charge in [0.05, 0.1) is 22.8 Å². The number of fused-ring (bicyclic) bond motifs is 2. The number of alkyl halides is 2. The van der Waals surface area contributed by atoms with E-state index in [0.29, 0.717) is 5.82 Å². The fourth-order valence-corrected chi connectivity index (χ4v) is 3.63. The molecule has 8 heteroatoms. The van der Waals surface area contributed by atoms with Gasteiger partial charge in [0.15, 0.2) is 5.82 Å². The maximum atomic E-state index is 13.0. The van der Waals surface area contributed by atoms with Crippen LogP contribution >= 0.6 is 0 Å². The van der Waals surface area contributed by atoms with Crippen LogP contribution in [-0.4, -0.2) is 19.3 Å². The van der Waals surface area contributed by atoms with Crippen molar-refractivity contribution < 1.29 is 8.78 Å². The molecule has 0 aliphatic heterocycles. The fraction of sp³-hybridized carbons (Fsp3) is 0.286. The molecule has 1 N–H and O–H groups in total. The average molecular weight is 397 g/mol. The highest BCUT2D eigenvalue weighted by Gasteiger charge is 2.16. The summed E-state index contributed by atoms with van der Waals surface area (Å²) in [6, 6.07) is 9.91. The van der Waals surface area contributed by atoms with E-state index in [1.165, 1.54) is 12.1 Å². The van der Waals surface area contributed by atoms with Crippen molar-refractivity contribution in [1.82, 2.24) is 19.3 Å². The Kier molecular flexibility index (Phi) is 4.56. The van der Waals surface area contributed by atoms with E-state index in [4.69, 9.17) is 0 Å². The zero-order chi connectivity index (χ0) is 20.9. The van der Waals surface area contributed by atoms with Gasteiger partial charge in [0, 0.05) is 30.4 Å². The summed E-state index contributed by atoms with van der Waals surface area (Å²) < 4.78 is 29.3. The van der Waals surface area contributed by atoms with Crippen molar-refractivity contribution in [2.75, 3.05) is 5.32 Å². The van der Waals surface area contributed by atoms with Crippen molar-refractivity contribution in [2.24, 2.45) is 14.1 Å². The lowest BCUT2D eigenvalue weighted by atomic mass is 10.0. The summed E-state index contributed by atoms with van der Waals surface area (Å²) in [7, 11) is 3.46. The van der Waals surface area contributed by atoms with Crippen LogP contribution in [0.2, 0.25) is 0 Å². The van der Waals surface area contributed by atoms with Gasteiger partial charge in [-0.05, 0) is 37.6 Å². The first kappa shape index (κ1) is 19.0. The van der Waals surface area contributed by atoms with Gasteiger partial charge in [0.25, 0.3) is 6.43 Å². The highest BCUT2D eigenvalue weighted by atomic mass is 19.3. The van der Waals surface area contributed by atoms with E-state index < -0.39 is 6.43 Å². The number of halogens is 2. The first-order valence-corrected chi connectivity index (χ1v) is 9.25. The Hall–Kier alpha value is -3.29. The average Bonchev–Trinajstić information content (AvgIpc) is 2.93. The number of hydrogen-bond donors (Lipinski definition) is 1. The predicted molar refractivity (Wildman–Crippen MR) is 109 cm³/mol. The first-order chi connectivity index (χ1) is 13.8. The number of anilines is 1. The molecule has 0 bridgehead atoms. The number of imidazole rings is 1. The molecule has 0 fully saturated rings. The van der Waals surface area contributed by atoms with Crippen LogP contribution in [0.5, 0.6) is 0 Å². The molecular weight excluding hydrogens is 376 g/mol. The maximum absolute atomic E-state index is 13.0. The molecule has 2 heterocycles. The number of nitrogens with zero attached hydrogens (tertiary/aromatic N) is 4. The number of nitrogens with one attached hydrogen (secondary N) is 1. The number of hydrogen-bond acceptors (Lipinski definition) is 4. The lowest BCUT2D eigenvalue weighted by molar-refractivity contribution is 0.151. The fourth-order valence-electron chi connectivity index (χ4n) is 3.63. The van der Waals surface area contributed by atoms with Gasteiger partial charge in [-0.1, -0.05) is 18.2 Å². The predicted octanol–water partition coefficient (Wildman–Crippen LogP) is 4.24. The Morgan fingerprint density at radius 1 is 0.966 bits per heavy atom. The van der Waals surface area contributed by atoms with Crippen LogP contribution in [0, 0.1) is 6.92 Å². The van der Waals surface area contributed by atoms with Crippen LogP contribution in [0.25, 0.3) is 21.8 Å². The number of aryl methyl sites for hydroxylation is 3. The largest absolute Gasteiger partial charge is 0.362 e. The molecule has 4 rings (SSSR count). The Morgan fingerprint density at radius 2 is 1.59 bits per heavy atom. The van der Waals surface area contributed by atoms with Crippen molar-refractivity contribution in [3.8, 4) is 0 Å². The smallest absolute Gasteiger partial charge is 0.328 e. The summed E-state index contributed by atoms with van der Waals surface area (Å²) in [6.07, 6.45) is -2.52. The van der Waals surface area contributed by atoms with Crippen molar-refractivity contribution in [3.63, 3.8) is 0 Å². The summed E-state index contributed by atoms with van der Waals surface area (Å²) in [6.45, 7) is 3.75. The van der Waals surface area contributed by atoms with E-state index in [1.807, 2.05) is 26.0 Å². The minimum absolute atomic E-state index is 0.0167. The second kappa shape index (κ2) is 6.95. The van der Waals surface area contributed by atoms with Crippen LogP contribution < -0.4 is 11.0 Å². The first-order valence-electron chi connectivity index (χ1n) is 9.25. The third kappa shape index (κ3) is 3.14. The minimum Gasteiger partial charge on any atom is -0.362 e. The van der Waals surface area contributed by atoms with E-state index in [9.17, 15) is 13.6 Å². The molecule has 0 saturated heterocycles. The zero-order valence-corrected chi connectivity index (χ0v) is 16.6. The second-order valence-electron chi connectivity index (χ2n) is 7.26. The Morgan fingerprint density at radius 3 is 2.24 bits per heavy atom.